The van der Waals surface area contributed by atoms with Gasteiger partial charge in [0.25, 0.3) is 0 Å². The van der Waals surface area contributed by atoms with Gasteiger partial charge in [0.1, 0.15) is 5.60 Å². The van der Waals surface area contributed by atoms with Crippen LogP contribution in [-0.2, 0) is 4.74 Å². The van der Waals surface area contributed by atoms with Crippen molar-refractivity contribution in [2.45, 2.75) is 64.1 Å². The fraction of sp³-hybridized carbons (Fsp3) is 0.923. The van der Waals surface area contributed by atoms with Crippen molar-refractivity contribution in [3.05, 3.63) is 0 Å². The molecule has 0 aromatic carbocycles. The minimum Gasteiger partial charge on any atom is -0.444 e. The molecule has 0 bridgehead atoms. The first-order valence-electron chi connectivity index (χ1n) is 6.62. The number of ether oxygens (including phenoxy) is 1. The third-order valence-corrected chi connectivity index (χ3v) is 3.96. The molecule has 4 heteroatoms. The Morgan fingerprint density at radius 2 is 1.82 bits per heavy atom. The van der Waals surface area contributed by atoms with Gasteiger partial charge in [-0.2, -0.15) is 0 Å². The summed E-state index contributed by atoms with van der Waals surface area (Å²) < 4.78 is 5.29. The van der Waals surface area contributed by atoms with Crippen LogP contribution >= 0.6 is 0 Å². The Labute approximate surface area is 103 Å². The Hall–Kier alpha value is -0.770. The second-order valence-corrected chi connectivity index (χ2v) is 6.40. The van der Waals surface area contributed by atoms with Gasteiger partial charge in [-0.3, -0.25) is 0 Å². The van der Waals surface area contributed by atoms with E-state index in [4.69, 9.17) is 10.5 Å². The number of carbonyl (C=O) groups excluding carboxylic acids is 1. The van der Waals surface area contributed by atoms with Crippen LogP contribution in [0.1, 0.15) is 46.5 Å². The highest BCUT2D eigenvalue weighted by Crippen LogP contribution is 2.43. The van der Waals surface area contributed by atoms with Gasteiger partial charge in [-0.25, -0.2) is 4.79 Å². The van der Waals surface area contributed by atoms with Crippen LogP contribution in [0.15, 0.2) is 0 Å². The number of hydrogen-bond acceptors (Lipinski definition) is 3. The lowest BCUT2D eigenvalue weighted by Gasteiger charge is -2.24. The molecule has 2 saturated carbocycles. The SMILES string of the molecule is CC(C)(C)OC(=O)N[C@H]1CC[C@@H]2[C@H]1CC[C@@H]2N. The van der Waals surface area contributed by atoms with Crippen LogP contribution in [0.4, 0.5) is 4.79 Å². The van der Waals surface area contributed by atoms with Crippen LogP contribution in [0, 0.1) is 11.8 Å². The molecule has 0 radical (unpaired) electrons. The van der Waals surface area contributed by atoms with Crippen LogP contribution in [0.2, 0.25) is 0 Å². The number of rotatable bonds is 1. The highest BCUT2D eigenvalue weighted by molar-refractivity contribution is 5.68. The molecular weight excluding hydrogens is 216 g/mol. The molecule has 98 valence electrons. The molecule has 2 rings (SSSR count). The van der Waals surface area contributed by atoms with Crippen molar-refractivity contribution in [1.82, 2.24) is 5.32 Å². The lowest BCUT2D eigenvalue weighted by atomic mass is 9.96. The van der Waals surface area contributed by atoms with Crippen molar-refractivity contribution in [2.24, 2.45) is 17.6 Å². The monoisotopic (exact) mass is 240 g/mol. The van der Waals surface area contributed by atoms with Gasteiger partial charge in [0.05, 0.1) is 0 Å². The van der Waals surface area contributed by atoms with Crippen LogP contribution in [0.25, 0.3) is 0 Å². The number of hydrogen-bond donors (Lipinski definition) is 2. The number of amides is 1. The Balaban J connectivity index is 1.86. The van der Waals surface area contributed by atoms with Gasteiger partial charge in [-0.1, -0.05) is 0 Å². The largest absolute Gasteiger partial charge is 0.444 e. The van der Waals surface area contributed by atoms with Gasteiger partial charge in [-0.05, 0) is 58.3 Å². The van der Waals surface area contributed by atoms with Crippen molar-refractivity contribution in [3.8, 4) is 0 Å². The zero-order valence-corrected chi connectivity index (χ0v) is 11.0. The Morgan fingerprint density at radius 1 is 1.18 bits per heavy atom. The first-order valence-corrected chi connectivity index (χ1v) is 6.62. The van der Waals surface area contributed by atoms with E-state index in [-0.39, 0.29) is 12.1 Å². The van der Waals surface area contributed by atoms with Gasteiger partial charge in [0.15, 0.2) is 0 Å². The normalized spacial score (nSPS) is 36.7. The van der Waals surface area contributed by atoms with Crippen molar-refractivity contribution >= 4 is 6.09 Å². The fourth-order valence-electron chi connectivity index (χ4n) is 3.28. The first-order chi connectivity index (χ1) is 7.87. The molecule has 2 aliphatic carbocycles. The highest BCUT2D eigenvalue weighted by Gasteiger charge is 2.44. The van der Waals surface area contributed by atoms with E-state index in [1.54, 1.807) is 0 Å². The standard InChI is InChI=1S/C13H24N2O2/c1-13(2,3)17-12(16)15-11-7-5-8-9(11)4-6-10(8)14/h8-11H,4-7,14H2,1-3H3,(H,15,16)/t8-,9-,10+,11+/m1/s1. The van der Waals surface area contributed by atoms with Gasteiger partial charge in [0, 0.05) is 12.1 Å². The van der Waals surface area contributed by atoms with Gasteiger partial charge in [-0.15, -0.1) is 0 Å². The van der Waals surface area contributed by atoms with E-state index in [0.29, 0.717) is 17.9 Å². The molecule has 4 atom stereocenters. The summed E-state index contributed by atoms with van der Waals surface area (Å²) in [4.78, 5) is 11.7. The predicted molar refractivity (Wildman–Crippen MR) is 66.6 cm³/mol. The molecule has 2 aliphatic rings. The summed E-state index contributed by atoms with van der Waals surface area (Å²) in [7, 11) is 0. The number of nitrogens with two attached hydrogens (primary N) is 1. The molecule has 0 aliphatic heterocycles. The van der Waals surface area contributed by atoms with E-state index in [2.05, 4.69) is 5.32 Å². The Bertz CT molecular complexity index is 298. The molecule has 4 nitrogen and oxygen atoms in total. The minimum atomic E-state index is -0.422. The molecule has 0 aromatic rings. The average Bonchev–Trinajstić information content (AvgIpc) is 2.69. The second kappa shape index (κ2) is 4.48. The van der Waals surface area contributed by atoms with Crippen LogP contribution in [0.3, 0.4) is 0 Å². The highest BCUT2D eigenvalue weighted by atomic mass is 16.6. The average molecular weight is 240 g/mol. The summed E-state index contributed by atoms with van der Waals surface area (Å²) in [6.45, 7) is 5.65. The van der Waals surface area contributed by atoms with Gasteiger partial charge < -0.3 is 15.8 Å². The molecule has 0 spiro atoms. The Morgan fingerprint density at radius 3 is 2.47 bits per heavy atom. The van der Waals surface area contributed by atoms with E-state index >= 15 is 0 Å². The third-order valence-electron chi connectivity index (χ3n) is 3.96. The zero-order valence-electron chi connectivity index (χ0n) is 11.0. The topological polar surface area (TPSA) is 64.3 Å². The molecule has 0 heterocycles. The first kappa shape index (κ1) is 12.7. The summed E-state index contributed by atoms with van der Waals surface area (Å²) in [5.74, 6) is 1.17. The van der Waals surface area contributed by atoms with E-state index in [0.717, 1.165) is 25.7 Å². The van der Waals surface area contributed by atoms with Gasteiger partial charge in [0.2, 0.25) is 0 Å². The van der Waals surface area contributed by atoms with Crippen molar-refractivity contribution in [2.75, 3.05) is 0 Å². The van der Waals surface area contributed by atoms with Crippen LogP contribution < -0.4 is 11.1 Å². The van der Waals surface area contributed by atoms with Crippen molar-refractivity contribution in [1.29, 1.82) is 0 Å². The molecule has 1 amide bonds. The smallest absolute Gasteiger partial charge is 0.407 e. The lowest BCUT2D eigenvalue weighted by molar-refractivity contribution is 0.0491. The van der Waals surface area contributed by atoms with Crippen LogP contribution in [-0.4, -0.2) is 23.8 Å². The molecule has 0 saturated heterocycles. The maximum atomic E-state index is 11.7. The van der Waals surface area contributed by atoms with E-state index in [9.17, 15) is 4.79 Å². The summed E-state index contributed by atoms with van der Waals surface area (Å²) in [5.41, 5.74) is 5.65. The molecule has 0 aromatic heterocycles. The van der Waals surface area contributed by atoms with Crippen LogP contribution in [0.5, 0.6) is 0 Å². The van der Waals surface area contributed by atoms with E-state index < -0.39 is 5.60 Å². The number of fused-ring (bicyclic) bond motifs is 1. The predicted octanol–water partition coefficient (Wildman–Crippen LogP) is 2.03. The number of carbonyl (C=O) groups is 1. The van der Waals surface area contributed by atoms with Crippen molar-refractivity contribution < 1.29 is 9.53 Å². The molecule has 2 fully saturated rings. The molecule has 17 heavy (non-hydrogen) atoms. The summed E-state index contributed by atoms with van der Waals surface area (Å²) in [5, 5.41) is 3.01. The quantitative estimate of drug-likeness (QED) is 0.737. The summed E-state index contributed by atoms with van der Waals surface area (Å²) >= 11 is 0. The Kier molecular flexibility index (Phi) is 3.34. The molecule has 0 unspecified atom stereocenters. The number of nitrogens with one attached hydrogen (secondary N) is 1. The van der Waals surface area contributed by atoms with E-state index in [1.807, 2.05) is 20.8 Å². The summed E-state index contributed by atoms with van der Waals surface area (Å²) in [6.07, 6.45) is 4.14. The van der Waals surface area contributed by atoms with E-state index in [1.165, 1.54) is 0 Å². The molecular formula is C13H24N2O2. The van der Waals surface area contributed by atoms with Crippen molar-refractivity contribution in [3.63, 3.8) is 0 Å². The third kappa shape index (κ3) is 2.92. The zero-order chi connectivity index (χ0) is 12.6. The molecule has 3 N–H and O–H groups in total. The second-order valence-electron chi connectivity index (χ2n) is 6.40. The summed E-state index contributed by atoms with van der Waals surface area (Å²) in [6, 6.07) is 0.605. The lowest BCUT2D eigenvalue weighted by Crippen LogP contribution is -2.41. The van der Waals surface area contributed by atoms with Gasteiger partial charge >= 0.3 is 6.09 Å². The maximum Gasteiger partial charge on any atom is 0.407 e. The fourth-order valence-corrected chi connectivity index (χ4v) is 3.28. The minimum absolute atomic E-state index is 0.267. The number of alkyl carbamates (subject to hydrolysis) is 1. The maximum absolute atomic E-state index is 11.7.